The third kappa shape index (κ3) is 4.04. The molecule has 1 atom stereocenters. The molecule has 1 aromatic carbocycles. The number of hydrogen-bond donors (Lipinski definition) is 1. The summed E-state index contributed by atoms with van der Waals surface area (Å²) in [6.45, 7) is 4.52. The van der Waals surface area contributed by atoms with Gasteiger partial charge in [-0.3, -0.25) is 0 Å². The van der Waals surface area contributed by atoms with Crippen LogP contribution in [0, 0.1) is 29.4 Å². The van der Waals surface area contributed by atoms with E-state index >= 15 is 0 Å². The topological polar surface area (TPSA) is 26.0 Å². The lowest BCUT2D eigenvalue weighted by molar-refractivity contribution is 0.202. The van der Waals surface area contributed by atoms with E-state index in [9.17, 15) is 8.78 Å². The Kier molecular flexibility index (Phi) is 5.78. The van der Waals surface area contributed by atoms with Crippen LogP contribution in [0.25, 0.3) is 0 Å². The van der Waals surface area contributed by atoms with Crippen molar-refractivity contribution in [3.63, 3.8) is 0 Å². The number of hydrogen-bond acceptors (Lipinski definition) is 1. The summed E-state index contributed by atoms with van der Waals surface area (Å²) in [5.74, 6) is 0.844. The molecule has 1 nitrogen and oxygen atoms in total. The van der Waals surface area contributed by atoms with Gasteiger partial charge in [0.25, 0.3) is 0 Å². The largest absolute Gasteiger partial charge is 0.327 e. The Balaban J connectivity index is 2.00. The molecule has 1 fully saturated rings. The van der Waals surface area contributed by atoms with Crippen molar-refractivity contribution in [1.82, 2.24) is 0 Å². The molecule has 0 radical (unpaired) electrons. The number of halogens is 3. The van der Waals surface area contributed by atoms with Crippen molar-refractivity contribution >= 4 is 15.9 Å². The average molecular weight is 360 g/mol. The molecule has 1 aliphatic carbocycles. The van der Waals surface area contributed by atoms with Crippen LogP contribution >= 0.6 is 15.9 Å². The van der Waals surface area contributed by atoms with E-state index in [1.54, 1.807) is 0 Å². The van der Waals surface area contributed by atoms with Crippen LogP contribution in [0.2, 0.25) is 0 Å². The summed E-state index contributed by atoms with van der Waals surface area (Å²) in [6, 6.07) is 2.52. The summed E-state index contributed by atoms with van der Waals surface area (Å²) in [5, 5.41) is 0. The predicted molar refractivity (Wildman–Crippen MR) is 86.0 cm³/mol. The number of rotatable bonds is 4. The fourth-order valence-electron chi connectivity index (χ4n) is 3.40. The molecular formula is C17H24BrF2N. The van der Waals surface area contributed by atoms with Crippen LogP contribution in [0.1, 0.15) is 45.1 Å². The summed E-state index contributed by atoms with van der Waals surface area (Å²) < 4.78 is 28.1. The fourth-order valence-corrected chi connectivity index (χ4v) is 3.77. The van der Waals surface area contributed by atoms with Crippen LogP contribution in [-0.2, 0) is 6.42 Å². The first kappa shape index (κ1) is 16.9. The highest BCUT2D eigenvalue weighted by atomic mass is 79.9. The van der Waals surface area contributed by atoms with E-state index in [2.05, 4.69) is 29.8 Å². The van der Waals surface area contributed by atoms with Crippen LogP contribution in [0.4, 0.5) is 8.78 Å². The van der Waals surface area contributed by atoms with Crippen molar-refractivity contribution in [2.75, 3.05) is 0 Å². The second kappa shape index (κ2) is 7.19. The minimum absolute atomic E-state index is 0.114. The molecule has 2 rings (SSSR count). The van der Waals surface area contributed by atoms with E-state index in [0.29, 0.717) is 16.3 Å². The van der Waals surface area contributed by atoms with E-state index in [4.69, 9.17) is 5.73 Å². The maximum Gasteiger partial charge on any atom is 0.143 e. The third-order valence-electron chi connectivity index (χ3n) is 4.94. The van der Waals surface area contributed by atoms with Crippen molar-refractivity contribution in [3.8, 4) is 0 Å². The fraction of sp³-hybridized carbons (Fsp3) is 0.647. The minimum Gasteiger partial charge on any atom is -0.327 e. The van der Waals surface area contributed by atoms with Gasteiger partial charge in [-0.2, -0.15) is 0 Å². The van der Waals surface area contributed by atoms with Gasteiger partial charge in [0.15, 0.2) is 0 Å². The first-order valence-electron chi connectivity index (χ1n) is 7.78. The molecule has 0 aromatic heterocycles. The standard InChI is InChI=1S/C17H24BrF2N/c1-10(2)11-3-5-12(6-4-11)16(21)9-13-15(19)8-7-14(18)17(13)20/h7-8,10-12,16H,3-6,9,21H2,1-2H3. The lowest BCUT2D eigenvalue weighted by atomic mass is 9.74. The smallest absolute Gasteiger partial charge is 0.143 e. The van der Waals surface area contributed by atoms with Crippen LogP contribution in [0.3, 0.4) is 0 Å². The van der Waals surface area contributed by atoms with Crippen LogP contribution in [-0.4, -0.2) is 6.04 Å². The van der Waals surface area contributed by atoms with Gasteiger partial charge in [0, 0.05) is 11.6 Å². The van der Waals surface area contributed by atoms with Crippen LogP contribution in [0.5, 0.6) is 0 Å². The van der Waals surface area contributed by atoms with E-state index < -0.39 is 11.6 Å². The molecule has 1 aliphatic rings. The van der Waals surface area contributed by atoms with E-state index in [-0.39, 0.29) is 18.0 Å². The highest BCUT2D eigenvalue weighted by molar-refractivity contribution is 9.10. The predicted octanol–water partition coefficient (Wildman–Crippen LogP) is 5.06. The quantitative estimate of drug-likeness (QED) is 0.747. The van der Waals surface area contributed by atoms with Gasteiger partial charge in [-0.1, -0.05) is 13.8 Å². The normalized spacial score (nSPS) is 24.3. The molecule has 0 saturated heterocycles. The van der Waals surface area contributed by atoms with E-state index in [1.165, 1.54) is 25.0 Å². The summed E-state index contributed by atoms with van der Waals surface area (Å²) in [6.07, 6.45) is 4.77. The molecule has 0 amide bonds. The first-order chi connectivity index (χ1) is 9.90. The van der Waals surface area contributed by atoms with Gasteiger partial charge in [-0.05, 0) is 77.9 Å². The van der Waals surface area contributed by atoms with Gasteiger partial charge in [0.05, 0.1) is 4.47 Å². The van der Waals surface area contributed by atoms with Crippen LogP contribution < -0.4 is 5.73 Å². The minimum atomic E-state index is -0.513. The molecular weight excluding hydrogens is 336 g/mol. The van der Waals surface area contributed by atoms with Gasteiger partial charge in [-0.15, -0.1) is 0 Å². The van der Waals surface area contributed by atoms with Gasteiger partial charge >= 0.3 is 0 Å². The Hall–Kier alpha value is -0.480. The van der Waals surface area contributed by atoms with E-state index in [1.807, 2.05) is 0 Å². The van der Waals surface area contributed by atoms with Crippen LogP contribution in [0.15, 0.2) is 16.6 Å². The maximum absolute atomic E-state index is 14.0. The highest BCUT2D eigenvalue weighted by Gasteiger charge is 2.28. The number of nitrogens with two attached hydrogens (primary N) is 1. The number of benzene rings is 1. The van der Waals surface area contributed by atoms with Crippen molar-refractivity contribution in [2.24, 2.45) is 23.5 Å². The molecule has 21 heavy (non-hydrogen) atoms. The summed E-state index contributed by atoms with van der Waals surface area (Å²) in [7, 11) is 0. The zero-order valence-electron chi connectivity index (χ0n) is 12.7. The molecule has 1 saturated carbocycles. The molecule has 0 heterocycles. The first-order valence-corrected chi connectivity index (χ1v) is 8.57. The zero-order chi connectivity index (χ0) is 15.6. The second-order valence-electron chi connectivity index (χ2n) is 6.61. The van der Waals surface area contributed by atoms with Gasteiger partial charge in [-0.25, -0.2) is 8.78 Å². The molecule has 2 N–H and O–H groups in total. The molecule has 1 unspecified atom stereocenters. The van der Waals surface area contributed by atoms with Crippen molar-refractivity contribution in [1.29, 1.82) is 0 Å². The monoisotopic (exact) mass is 359 g/mol. The molecule has 0 bridgehead atoms. The van der Waals surface area contributed by atoms with Gasteiger partial charge in [0.2, 0.25) is 0 Å². The van der Waals surface area contributed by atoms with Gasteiger partial charge in [0.1, 0.15) is 11.6 Å². The van der Waals surface area contributed by atoms with Crippen molar-refractivity contribution in [2.45, 2.75) is 52.0 Å². The Morgan fingerprint density at radius 2 is 1.71 bits per heavy atom. The Morgan fingerprint density at radius 1 is 1.14 bits per heavy atom. The maximum atomic E-state index is 14.0. The zero-order valence-corrected chi connectivity index (χ0v) is 14.3. The molecule has 0 aliphatic heterocycles. The summed E-state index contributed by atoms with van der Waals surface area (Å²) >= 11 is 3.11. The lowest BCUT2D eigenvalue weighted by Crippen LogP contribution is -2.36. The lowest BCUT2D eigenvalue weighted by Gasteiger charge is -2.34. The molecule has 118 valence electrons. The molecule has 0 spiro atoms. The van der Waals surface area contributed by atoms with Crippen molar-refractivity contribution < 1.29 is 8.78 Å². The second-order valence-corrected chi connectivity index (χ2v) is 7.46. The SMILES string of the molecule is CC(C)C1CCC(C(N)Cc2c(F)ccc(Br)c2F)CC1. The Labute approximate surface area is 134 Å². The third-order valence-corrected chi connectivity index (χ3v) is 5.56. The Bertz CT molecular complexity index is 482. The molecule has 1 aromatic rings. The van der Waals surface area contributed by atoms with Crippen molar-refractivity contribution in [3.05, 3.63) is 33.8 Å². The van der Waals surface area contributed by atoms with E-state index in [0.717, 1.165) is 18.8 Å². The summed E-state index contributed by atoms with van der Waals surface area (Å²) in [5.41, 5.74) is 6.35. The highest BCUT2D eigenvalue weighted by Crippen LogP contribution is 2.35. The van der Waals surface area contributed by atoms with Gasteiger partial charge < -0.3 is 5.73 Å². The molecule has 4 heteroatoms. The summed E-state index contributed by atoms with van der Waals surface area (Å²) in [4.78, 5) is 0. The average Bonchev–Trinajstić information content (AvgIpc) is 2.47. The Morgan fingerprint density at radius 3 is 2.29 bits per heavy atom.